The van der Waals surface area contributed by atoms with Gasteiger partial charge in [-0.15, -0.1) is 0 Å². The molecule has 176 valence electrons. The molecule has 0 atom stereocenters. The van der Waals surface area contributed by atoms with E-state index in [0.29, 0.717) is 17.7 Å². The smallest absolute Gasteiger partial charge is 0.255 e. The normalized spacial score (nSPS) is 13.3. The van der Waals surface area contributed by atoms with E-state index in [2.05, 4.69) is 34.7 Å². The third-order valence-electron chi connectivity index (χ3n) is 6.40. The zero-order valence-electron chi connectivity index (χ0n) is 19.5. The van der Waals surface area contributed by atoms with Crippen LogP contribution in [0, 0.1) is 0 Å². The number of likely N-dealkylation sites (N-methyl/N-ethyl adjacent to an activating group) is 1. The molecule has 0 fully saturated rings. The number of carbonyl (C=O) groups is 2. The molecule has 35 heavy (non-hydrogen) atoms. The molecule has 6 heteroatoms. The van der Waals surface area contributed by atoms with Crippen molar-refractivity contribution in [1.29, 1.82) is 0 Å². The molecule has 0 aliphatic carbocycles. The number of benzene rings is 4. The largest absolute Gasteiger partial charge is 0.508 e. The summed E-state index contributed by atoms with van der Waals surface area (Å²) < 4.78 is 0. The molecule has 0 bridgehead atoms. The van der Waals surface area contributed by atoms with Gasteiger partial charge in [-0.05, 0) is 89.5 Å². The van der Waals surface area contributed by atoms with Crippen LogP contribution < -0.4 is 10.6 Å². The second-order valence-electron chi connectivity index (χ2n) is 9.05. The molecular formula is C29H27N3O3. The first kappa shape index (κ1) is 22.6. The van der Waals surface area contributed by atoms with E-state index in [-0.39, 0.29) is 17.6 Å². The summed E-state index contributed by atoms with van der Waals surface area (Å²) in [6.45, 7) is 2.24. The van der Waals surface area contributed by atoms with Crippen molar-refractivity contribution in [2.24, 2.45) is 0 Å². The molecule has 2 amide bonds. The van der Waals surface area contributed by atoms with Crippen molar-refractivity contribution >= 4 is 28.3 Å². The summed E-state index contributed by atoms with van der Waals surface area (Å²) in [5.74, 6) is -0.188. The van der Waals surface area contributed by atoms with Gasteiger partial charge in [0.05, 0.1) is 0 Å². The molecule has 4 aromatic carbocycles. The summed E-state index contributed by atoms with van der Waals surface area (Å²) in [5, 5.41) is 17.3. The summed E-state index contributed by atoms with van der Waals surface area (Å²) in [7, 11) is 2.10. The summed E-state index contributed by atoms with van der Waals surface area (Å²) in [5.41, 5.74) is 5.28. The van der Waals surface area contributed by atoms with Crippen LogP contribution in [0.1, 0.15) is 37.4 Å². The van der Waals surface area contributed by atoms with E-state index in [4.69, 9.17) is 0 Å². The van der Waals surface area contributed by atoms with Crippen molar-refractivity contribution in [3.63, 3.8) is 0 Å². The third kappa shape index (κ3) is 5.18. The van der Waals surface area contributed by atoms with Crippen molar-refractivity contribution in [1.82, 2.24) is 10.2 Å². The van der Waals surface area contributed by atoms with E-state index >= 15 is 0 Å². The van der Waals surface area contributed by atoms with Crippen LogP contribution in [0.5, 0.6) is 5.75 Å². The lowest BCUT2D eigenvalue weighted by Crippen LogP contribution is -2.26. The number of phenolic OH excluding ortho intramolecular Hbond substituents is 1. The third-order valence-corrected chi connectivity index (χ3v) is 6.40. The molecule has 0 radical (unpaired) electrons. The minimum Gasteiger partial charge on any atom is -0.508 e. The van der Waals surface area contributed by atoms with Crippen LogP contribution in [0.4, 0.5) is 5.69 Å². The first-order valence-electron chi connectivity index (χ1n) is 11.7. The maximum absolute atomic E-state index is 12.9. The predicted octanol–water partition coefficient (Wildman–Crippen LogP) is 4.72. The molecule has 6 nitrogen and oxygen atoms in total. The van der Waals surface area contributed by atoms with Crippen molar-refractivity contribution in [2.45, 2.75) is 19.5 Å². The molecule has 4 aromatic rings. The van der Waals surface area contributed by atoms with Crippen molar-refractivity contribution in [2.75, 3.05) is 18.9 Å². The van der Waals surface area contributed by atoms with Crippen LogP contribution in [0.2, 0.25) is 0 Å². The number of phenols is 1. The van der Waals surface area contributed by atoms with Gasteiger partial charge in [0.1, 0.15) is 5.75 Å². The lowest BCUT2D eigenvalue weighted by molar-refractivity contribution is 0.0950. The van der Waals surface area contributed by atoms with Gasteiger partial charge in [0.15, 0.2) is 0 Å². The van der Waals surface area contributed by atoms with Gasteiger partial charge < -0.3 is 20.6 Å². The number of hydrogen-bond donors (Lipinski definition) is 3. The highest BCUT2D eigenvalue weighted by Crippen LogP contribution is 2.23. The second-order valence-corrected chi connectivity index (χ2v) is 9.05. The minimum absolute atomic E-state index is 0.180. The number of hydrogen-bond acceptors (Lipinski definition) is 4. The van der Waals surface area contributed by atoms with Crippen LogP contribution in [-0.2, 0) is 19.5 Å². The standard InChI is InChI=1S/C29H27N3O3/c1-32-12-11-20-7-9-26(15-25(20)18-32)31-29(35)23-4-2-3-19(13-23)17-30-28(34)24-6-5-22-16-27(33)10-8-21(22)14-24/h2-10,13-16,33H,11-12,17-18H2,1H3,(H,30,34)(H,31,35). The van der Waals surface area contributed by atoms with Gasteiger partial charge in [-0.2, -0.15) is 0 Å². The molecule has 1 aliphatic rings. The molecule has 0 saturated heterocycles. The summed E-state index contributed by atoms with van der Waals surface area (Å²) in [6, 6.07) is 23.8. The number of amides is 2. The fourth-order valence-corrected chi connectivity index (χ4v) is 4.46. The Morgan fingerprint density at radius 3 is 2.54 bits per heavy atom. The van der Waals surface area contributed by atoms with E-state index in [1.165, 1.54) is 11.1 Å². The number of nitrogens with zero attached hydrogens (tertiary/aromatic N) is 1. The van der Waals surface area contributed by atoms with Crippen LogP contribution in [0.25, 0.3) is 10.8 Å². The Morgan fingerprint density at radius 2 is 1.66 bits per heavy atom. The number of anilines is 1. The molecular weight excluding hydrogens is 438 g/mol. The number of aromatic hydroxyl groups is 1. The number of nitrogens with one attached hydrogen (secondary N) is 2. The highest BCUT2D eigenvalue weighted by atomic mass is 16.3. The van der Waals surface area contributed by atoms with E-state index in [9.17, 15) is 14.7 Å². The van der Waals surface area contributed by atoms with Crippen molar-refractivity contribution < 1.29 is 14.7 Å². The van der Waals surface area contributed by atoms with Crippen LogP contribution in [-0.4, -0.2) is 35.4 Å². The molecule has 0 spiro atoms. The first-order valence-corrected chi connectivity index (χ1v) is 11.7. The van der Waals surface area contributed by atoms with Gasteiger partial charge in [0, 0.05) is 36.4 Å². The molecule has 0 unspecified atom stereocenters. The topological polar surface area (TPSA) is 81.7 Å². The lowest BCUT2D eigenvalue weighted by atomic mass is 9.99. The van der Waals surface area contributed by atoms with Crippen LogP contribution in [0.3, 0.4) is 0 Å². The second kappa shape index (κ2) is 9.60. The highest BCUT2D eigenvalue weighted by Gasteiger charge is 2.15. The van der Waals surface area contributed by atoms with Crippen LogP contribution in [0.15, 0.2) is 78.9 Å². The zero-order valence-corrected chi connectivity index (χ0v) is 19.5. The Bertz CT molecular complexity index is 1430. The Kier molecular flexibility index (Phi) is 6.21. The van der Waals surface area contributed by atoms with Gasteiger partial charge in [-0.25, -0.2) is 0 Å². The summed E-state index contributed by atoms with van der Waals surface area (Å²) >= 11 is 0. The van der Waals surface area contributed by atoms with E-state index < -0.39 is 0 Å². The lowest BCUT2D eigenvalue weighted by Gasteiger charge is -2.25. The zero-order chi connectivity index (χ0) is 24.4. The minimum atomic E-state index is -0.200. The quantitative estimate of drug-likeness (QED) is 0.399. The Hall–Kier alpha value is -4.16. The molecule has 5 rings (SSSR count). The highest BCUT2D eigenvalue weighted by molar-refractivity contribution is 6.04. The summed E-state index contributed by atoms with van der Waals surface area (Å²) in [6.07, 6.45) is 1.02. The monoisotopic (exact) mass is 465 g/mol. The first-order chi connectivity index (χ1) is 16.9. The average molecular weight is 466 g/mol. The van der Waals surface area contributed by atoms with E-state index in [1.54, 1.807) is 42.5 Å². The van der Waals surface area contributed by atoms with Crippen molar-refractivity contribution in [3.8, 4) is 5.75 Å². The Labute approximate surface area is 204 Å². The van der Waals surface area contributed by atoms with Gasteiger partial charge in [0.25, 0.3) is 11.8 Å². The fraction of sp³-hybridized carbons (Fsp3) is 0.172. The van der Waals surface area contributed by atoms with Crippen LogP contribution >= 0.6 is 0 Å². The van der Waals surface area contributed by atoms with Gasteiger partial charge >= 0.3 is 0 Å². The average Bonchev–Trinajstić information content (AvgIpc) is 2.87. The van der Waals surface area contributed by atoms with Gasteiger partial charge in [-0.3, -0.25) is 9.59 Å². The SMILES string of the molecule is CN1CCc2ccc(NC(=O)c3cccc(CNC(=O)c4ccc5cc(O)ccc5c4)c3)cc2C1. The maximum Gasteiger partial charge on any atom is 0.255 e. The van der Waals surface area contributed by atoms with Gasteiger partial charge in [0.2, 0.25) is 0 Å². The Morgan fingerprint density at radius 1 is 0.857 bits per heavy atom. The molecule has 1 heterocycles. The number of carbonyl (C=O) groups excluding carboxylic acids is 2. The molecule has 3 N–H and O–H groups in total. The fourth-order valence-electron chi connectivity index (χ4n) is 4.46. The maximum atomic E-state index is 12.9. The summed E-state index contributed by atoms with van der Waals surface area (Å²) in [4.78, 5) is 27.8. The van der Waals surface area contributed by atoms with E-state index in [1.807, 2.05) is 24.3 Å². The predicted molar refractivity (Wildman–Crippen MR) is 138 cm³/mol. The molecule has 1 aliphatic heterocycles. The van der Waals surface area contributed by atoms with Crippen molar-refractivity contribution in [3.05, 3.63) is 107 Å². The number of rotatable bonds is 5. The van der Waals surface area contributed by atoms with E-state index in [0.717, 1.165) is 41.5 Å². The Balaban J connectivity index is 1.23. The van der Waals surface area contributed by atoms with Gasteiger partial charge in [-0.1, -0.05) is 30.3 Å². The molecule has 0 saturated carbocycles. The number of fused-ring (bicyclic) bond motifs is 2. The molecule has 0 aromatic heterocycles.